The second kappa shape index (κ2) is 7.39. The number of fused-ring (bicyclic) bond motifs is 1. The highest BCUT2D eigenvalue weighted by Gasteiger charge is 2.28. The molecule has 0 amide bonds. The molecule has 1 aromatic heterocycles. The van der Waals surface area contributed by atoms with Crippen LogP contribution in [0.25, 0.3) is 0 Å². The van der Waals surface area contributed by atoms with Crippen LogP contribution in [0.1, 0.15) is 46.9 Å². The lowest BCUT2D eigenvalue weighted by molar-refractivity contribution is 0.0513. The van der Waals surface area contributed by atoms with Gasteiger partial charge in [-0.25, -0.2) is 22.6 Å². The van der Waals surface area contributed by atoms with Gasteiger partial charge in [0.05, 0.1) is 18.5 Å². The minimum absolute atomic E-state index is 0.0634. The maximum atomic E-state index is 14.5. The number of carbonyl (C=O) groups excluding carboxylic acids is 1. The molecule has 1 aliphatic heterocycles. The minimum atomic E-state index is -2.90. The highest BCUT2D eigenvalue weighted by molar-refractivity contribution is 5.90. The fraction of sp³-hybridized carbons (Fsp3) is 0.444. The summed E-state index contributed by atoms with van der Waals surface area (Å²) in [7, 11) is 0. The summed E-state index contributed by atoms with van der Waals surface area (Å²) in [6.45, 7) is 3.95. The van der Waals surface area contributed by atoms with Gasteiger partial charge in [-0.15, -0.1) is 0 Å². The standard InChI is InChI=1S/C18H20F3N3O2/c1-3-26-18(25)13-9-22-24(16(13)17(20)21)10-23-6-4-5-12-7-11(2)8-14(19)15(12)23/h7-9,17H,3-6,10H2,1-2H3. The summed E-state index contributed by atoms with van der Waals surface area (Å²) in [5.74, 6) is -1.22. The third kappa shape index (κ3) is 3.40. The second-order valence-electron chi connectivity index (χ2n) is 6.23. The number of rotatable bonds is 5. The molecule has 1 aromatic carbocycles. The molecule has 2 heterocycles. The van der Waals surface area contributed by atoms with Crippen LogP contribution in [0.15, 0.2) is 18.3 Å². The van der Waals surface area contributed by atoms with E-state index in [0.717, 1.165) is 34.8 Å². The van der Waals surface area contributed by atoms with Crippen molar-refractivity contribution in [2.24, 2.45) is 0 Å². The molecule has 0 aliphatic carbocycles. The first-order valence-corrected chi connectivity index (χ1v) is 8.47. The lowest BCUT2D eigenvalue weighted by Gasteiger charge is -2.32. The summed E-state index contributed by atoms with van der Waals surface area (Å²) in [6.07, 6.45) is -0.301. The van der Waals surface area contributed by atoms with E-state index in [2.05, 4.69) is 5.10 Å². The van der Waals surface area contributed by atoms with Gasteiger partial charge in [0, 0.05) is 6.54 Å². The van der Waals surface area contributed by atoms with E-state index in [4.69, 9.17) is 4.74 Å². The van der Waals surface area contributed by atoms with Gasteiger partial charge in [-0.2, -0.15) is 5.10 Å². The van der Waals surface area contributed by atoms with Crippen molar-refractivity contribution in [1.82, 2.24) is 9.78 Å². The molecule has 0 atom stereocenters. The van der Waals surface area contributed by atoms with Crippen LogP contribution in [0.2, 0.25) is 0 Å². The molecule has 8 heteroatoms. The summed E-state index contributed by atoms with van der Waals surface area (Å²) < 4.78 is 47.4. The number of aromatic nitrogens is 2. The summed E-state index contributed by atoms with van der Waals surface area (Å²) >= 11 is 0. The van der Waals surface area contributed by atoms with Crippen molar-refractivity contribution in [2.45, 2.75) is 39.8 Å². The van der Waals surface area contributed by atoms with Crippen molar-refractivity contribution in [3.63, 3.8) is 0 Å². The van der Waals surface area contributed by atoms with Crippen LogP contribution in [0, 0.1) is 12.7 Å². The fourth-order valence-electron chi connectivity index (χ4n) is 3.33. The molecule has 0 spiro atoms. The number of aryl methyl sites for hydroxylation is 2. The Bertz CT molecular complexity index is 820. The lowest BCUT2D eigenvalue weighted by Crippen LogP contribution is -2.33. The average molecular weight is 367 g/mol. The Balaban J connectivity index is 1.95. The molecule has 0 unspecified atom stereocenters. The predicted octanol–water partition coefficient (Wildman–Crippen LogP) is 3.86. The van der Waals surface area contributed by atoms with Gasteiger partial charge in [-0.05, 0) is 43.9 Å². The van der Waals surface area contributed by atoms with E-state index in [-0.39, 0.29) is 24.7 Å². The molecule has 0 fully saturated rings. The van der Waals surface area contributed by atoms with E-state index in [9.17, 15) is 18.0 Å². The number of alkyl halides is 2. The second-order valence-corrected chi connectivity index (χ2v) is 6.23. The summed E-state index contributed by atoms with van der Waals surface area (Å²) in [4.78, 5) is 13.6. The van der Waals surface area contributed by atoms with Crippen LogP contribution in [-0.4, -0.2) is 28.9 Å². The largest absolute Gasteiger partial charge is 0.462 e. The van der Waals surface area contributed by atoms with Crippen molar-refractivity contribution in [3.8, 4) is 0 Å². The number of benzene rings is 1. The van der Waals surface area contributed by atoms with Gasteiger partial charge in [0.1, 0.15) is 23.7 Å². The molecule has 0 radical (unpaired) electrons. The average Bonchev–Trinajstić information content (AvgIpc) is 2.98. The van der Waals surface area contributed by atoms with Crippen LogP contribution in [0.4, 0.5) is 18.9 Å². The van der Waals surface area contributed by atoms with E-state index < -0.39 is 18.1 Å². The quantitative estimate of drug-likeness (QED) is 0.753. The Labute approximate surface area is 149 Å². The number of hydrogen-bond donors (Lipinski definition) is 0. The Morgan fingerprint density at radius 1 is 1.38 bits per heavy atom. The van der Waals surface area contributed by atoms with Gasteiger partial charge in [0.25, 0.3) is 6.43 Å². The van der Waals surface area contributed by atoms with Crippen LogP contribution < -0.4 is 4.90 Å². The number of nitrogens with zero attached hydrogens (tertiary/aromatic N) is 3. The Kier molecular flexibility index (Phi) is 5.20. The molecular formula is C18H20F3N3O2. The van der Waals surface area contributed by atoms with Crippen LogP contribution >= 0.6 is 0 Å². The van der Waals surface area contributed by atoms with E-state index in [1.165, 1.54) is 6.07 Å². The lowest BCUT2D eigenvalue weighted by atomic mass is 9.99. The summed E-state index contributed by atoms with van der Waals surface area (Å²) in [6, 6.07) is 3.34. The predicted molar refractivity (Wildman–Crippen MR) is 89.9 cm³/mol. The number of ether oxygens (including phenoxy) is 1. The van der Waals surface area contributed by atoms with Gasteiger partial charge in [-0.3, -0.25) is 0 Å². The van der Waals surface area contributed by atoms with Crippen molar-refractivity contribution < 1.29 is 22.7 Å². The molecule has 0 bridgehead atoms. The zero-order valence-electron chi connectivity index (χ0n) is 14.6. The molecule has 1 aliphatic rings. The first-order chi connectivity index (χ1) is 12.4. The maximum Gasteiger partial charge on any atom is 0.341 e. The normalized spacial score (nSPS) is 13.8. The van der Waals surface area contributed by atoms with E-state index in [0.29, 0.717) is 12.2 Å². The maximum absolute atomic E-state index is 14.5. The smallest absolute Gasteiger partial charge is 0.341 e. The van der Waals surface area contributed by atoms with Crippen molar-refractivity contribution in [1.29, 1.82) is 0 Å². The molecule has 26 heavy (non-hydrogen) atoms. The van der Waals surface area contributed by atoms with Crippen molar-refractivity contribution in [2.75, 3.05) is 18.1 Å². The minimum Gasteiger partial charge on any atom is -0.462 e. The Hall–Kier alpha value is -2.51. The third-order valence-electron chi connectivity index (χ3n) is 4.36. The summed E-state index contributed by atoms with van der Waals surface area (Å²) in [5.41, 5.74) is 1.31. The van der Waals surface area contributed by atoms with Gasteiger partial charge in [-0.1, -0.05) is 6.07 Å². The fourth-order valence-corrected chi connectivity index (χ4v) is 3.33. The third-order valence-corrected chi connectivity index (χ3v) is 4.36. The highest BCUT2D eigenvalue weighted by Crippen LogP contribution is 2.32. The molecule has 5 nitrogen and oxygen atoms in total. The molecule has 0 N–H and O–H groups in total. The van der Waals surface area contributed by atoms with Crippen molar-refractivity contribution >= 4 is 11.7 Å². The monoisotopic (exact) mass is 367 g/mol. The zero-order valence-corrected chi connectivity index (χ0v) is 14.6. The SMILES string of the molecule is CCOC(=O)c1cnn(CN2CCCc3cc(C)cc(F)c32)c1C(F)F. The zero-order chi connectivity index (χ0) is 18.8. The van der Waals surface area contributed by atoms with E-state index in [1.807, 2.05) is 13.0 Å². The molecule has 3 rings (SSSR count). The molecule has 0 saturated heterocycles. The first-order valence-electron chi connectivity index (χ1n) is 8.47. The van der Waals surface area contributed by atoms with Gasteiger partial charge in [0.2, 0.25) is 0 Å². The first kappa shape index (κ1) is 18.3. The molecular weight excluding hydrogens is 347 g/mol. The van der Waals surface area contributed by atoms with Crippen LogP contribution in [-0.2, 0) is 17.8 Å². The number of carbonyl (C=O) groups is 1. The number of anilines is 1. The van der Waals surface area contributed by atoms with Crippen LogP contribution in [0.3, 0.4) is 0 Å². The molecule has 2 aromatic rings. The molecule has 0 saturated carbocycles. The topological polar surface area (TPSA) is 47.4 Å². The van der Waals surface area contributed by atoms with Gasteiger partial charge < -0.3 is 9.64 Å². The van der Waals surface area contributed by atoms with Crippen LogP contribution in [0.5, 0.6) is 0 Å². The van der Waals surface area contributed by atoms with E-state index >= 15 is 0 Å². The Morgan fingerprint density at radius 2 is 2.15 bits per heavy atom. The molecule has 140 valence electrons. The Morgan fingerprint density at radius 3 is 2.85 bits per heavy atom. The summed E-state index contributed by atoms with van der Waals surface area (Å²) in [5, 5.41) is 3.93. The van der Waals surface area contributed by atoms with Gasteiger partial charge in [0.15, 0.2) is 0 Å². The number of halogens is 3. The van der Waals surface area contributed by atoms with Crippen molar-refractivity contribution in [3.05, 3.63) is 46.5 Å². The highest BCUT2D eigenvalue weighted by atomic mass is 19.3. The number of esters is 1. The van der Waals surface area contributed by atoms with E-state index in [1.54, 1.807) is 11.8 Å². The van der Waals surface area contributed by atoms with Gasteiger partial charge >= 0.3 is 5.97 Å². The number of hydrogen-bond acceptors (Lipinski definition) is 4.